The van der Waals surface area contributed by atoms with Crippen molar-refractivity contribution in [2.45, 2.75) is 45.3 Å². The fourth-order valence-corrected chi connectivity index (χ4v) is 2.98. The maximum atomic E-state index is 6.13. The third kappa shape index (κ3) is 3.87. The highest BCUT2D eigenvalue weighted by atomic mass is 35.5. The Labute approximate surface area is 127 Å². The van der Waals surface area contributed by atoms with Gasteiger partial charge in [0.2, 0.25) is 0 Å². The van der Waals surface area contributed by atoms with E-state index in [0.29, 0.717) is 12.1 Å². The lowest BCUT2D eigenvalue weighted by Gasteiger charge is -2.29. The largest absolute Gasteiger partial charge is 0.496 e. The van der Waals surface area contributed by atoms with Crippen LogP contribution in [0.4, 0.5) is 0 Å². The van der Waals surface area contributed by atoms with Gasteiger partial charge in [-0.15, -0.1) is 0 Å². The van der Waals surface area contributed by atoms with Gasteiger partial charge in [0, 0.05) is 35.8 Å². The van der Waals surface area contributed by atoms with Crippen molar-refractivity contribution in [3.8, 4) is 5.75 Å². The van der Waals surface area contributed by atoms with Gasteiger partial charge in [0.25, 0.3) is 0 Å². The zero-order chi connectivity index (χ0) is 14.5. The number of hydrogen-bond acceptors (Lipinski definition) is 3. The lowest BCUT2D eigenvalue weighted by Crippen LogP contribution is -2.39. The smallest absolute Gasteiger partial charge is 0.123 e. The Morgan fingerprint density at radius 2 is 2.25 bits per heavy atom. The monoisotopic (exact) mass is 296 g/mol. The van der Waals surface area contributed by atoms with Crippen molar-refractivity contribution < 1.29 is 4.74 Å². The highest BCUT2D eigenvalue weighted by molar-refractivity contribution is 6.30. The number of rotatable bonds is 4. The summed E-state index contributed by atoms with van der Waals surface area (Å²) in [5.74, 6) is 0.923. The molecule has 1 aromatic rings. The molecule has 0 aromatic heterocycles. The van der Waals surface area contributed by atoms with Gasteiger partial charge in [-0.3, -0.25) is 4.90 Å². The van der Waals surface area contributed by atoms with E-state index in [4.69, 9.17) is 16.3 Å². The molecule has 1 saturated heterocycles. The van der Waals surface area contributed by atoms with Crippen LogP contribution in [0, 0.1) is 0 Å². The summed E-state index contributed by atoms with van der Waals surface area (Å²) in [6, 6.07) is 7.00. The van der Waals surface area contributed by atoms with Crippen molar-refractivity contribution in [3.05, 3.63) is 28.8 Å². The predicted molar refractivity (Wildman–Crippen MR) is 84.6 cm³/mol. The molecule has 0 amide bonds. The topological polar surface area (TPSA) is 24.5 Å². The molecule has 0 saturated carbocycles. The van der Waals surface area contributed by atoms with Crippen molar-refractivity contribution in [2.75, 3.05) is 20.2 Å². The average molecular weight is 297 g/mol. The van der Waals surface area contributed by atoms with Gasteiger partial charge in [0.15, 0.2) is 0 Å². The molecule has 20 heavy (non-hydrogen) atoms. The van der Waals surface area contributed by atoms with Gasteiger partial charge in [0.1, 0.15) is 5.75 Å². The molecule has 1 aliphatic heterocycles. The van der Waals surface area contributed by atoms with E-state index < -0.39 is 0 Å². The van der Waals surface area contributed by atoms with Crippen molar-refractivity contribution in [2.24, 2.45) is 0 Å². The summed E-state index contributed by atoms with van der Waals surface area (Å²) >= 11 is 6.13. The highest BCUT2D eigenvalue weighted by Crippen LogP contribution is 2.25. The second kappa shape index (κ2) is 7.30. The van der Waals surface area contributed by atoms with Crippen molar-refractivity contribution >= 4 is 11.6 Å². The van der Waals surface area contributed by atoms with E-state index in [1.807, 2.05) is 18.2 Å². The van der Waals surface area contributed by atoms with Crippen LogP contribution in [0.15, 0.2) is 18.2 Å². The average Bonchev–Trinajstić information content (AvgIpc) is 2.61. The summed E-state index contributed by atoms with van der Waals surface area (Å²) in [7, 11) is 1.72. The fourth-order valence-electron chi connectivity index (χ4n) is 2.79. The van der Waals surface area contributed by atoms with Crippen LogP contribution >= 0.6 is 11.6 Å². The first kappa shape index (κ1) is 15.6. The molecule has 0 aliphatic carbocycles. The minimum Gasteiger partial charge on any atom is -0.496 e. The molecule has 0 radical (unpaired) electrons. The Bertz CT molecular complexity index is 438. The Hall–Kier alpha value is -0.770. The second-order valence-corrected chi connectivity index (χ2v) is 6.02. The molecule has 112 valence electrons. The summed E-state index contributed by atoms with van der Waals surface area (Å²) in [4.78, 5) is 2.53. The second-order valence-electron chi connectivity index (χ2n) is 5.58. The first-order chi connectivity index (χ1) is 9.63. The summed E-state index contributed by atoms with van der Waals surface area (Å²) in [5.41, 5.74) is 1.17. The normalized spacial score (nSPS) is 24.4. The van der Waals surface area contributed by atoms with Gasteiger partial charge in [-0.1, -0.05) is 18.5 Å². The van der Waals surface area contributed by atoms with Crippen molar-refractivity contribution in [1.29, 1.82) is 0 Å². The van der Waals surface area contributed by atoms with Crippen LogP contribution < -0.4 is 10.1 Å². The minimum absolute atomic E-state index is 0.572. The van der Waals surface area contributed by atoms with E-state index in [-0.39, 0.29) is 0 Å². The number of methoxy groups -OCH3 is 1. The quantitative estimate of drug-likeness (QED) is 0.922. The maximum absolute atomic E-state index is 6.13. The van der Waals surface area contributed by atoms with Crippen molar-refractivity contribution in [1.82, 2.24) is 10.2 Å². The van der Waals surface area contributed by atoms with Gasteiger partial charge in [-0.25, -0.2) is 0 Å². The molecule has 4 heteroatoms. The van der Waals surface area contributed by atoms with Gasteiger partial charge in [-0.2, -0.15) is 0 Å². The summed E-state index contributed by atoms with van der Waals surface area (Å²) in [6.07, 6.45) is 2.34. The summed E-state index contributed by atoms with van der Waals surface area (Å²) in [6.45, 7) is 7.61. The summed E-state index contributed by atoms with van der Waals surface area (Å²) < 4.78 is 5.46. The molecular weight excluding hydrogens is 272 g/mol. The third-order valence-corrected chi connectivity index (χ3v) is 4.42. The van der Waals surface area contributed by atoms with E-state index in [2.05, 4.69) is 24.1 Å². The predicted octanol–water partition coefficient (Wildman–Crippen LogP) is 3.31. The van der Waals surface area contributed by atoms with Crippen LogP contribution in [0.25, 0.3) is 0 Å². The number of benzene rings is 1. The standard InChI is InChI=1S/C16H25ClN2O/c1-4-15-11-19(12(2)7-8-18-15)10-13-9-14(17)5-6-16(13)20-3/h5-6,9,12,15,18H,4,7-8,10-11H2,1-3H3. The molecular formula is C16H25ClN2O. The maximum Gasteiger partial charge on any atom is 0.123 e. The van der Waals surface area contributed by atoms with E-state index >= 15 is 0 Å². The molecule has 1 heterocycles. The zero-order valence-electron chi connectivity index (χ0n) is 12.7. The van der Waals surface area contributed by atoms with Crippen molar-refractivity contribution in [3.63, 3.8) is 0 Å². The van der Waals surface area contributed by atoms with E-state index in [1.165, 1.54) is 12.0 Å². The first-order valence-corrected chi connectivity index (χ1v) is 7.81. The zero-order valence-corrected chi connectivity index (χ0v) is 13.4. The molecule has 2 unspecified atom stereocenters. The Balaban J connectivity index is 2.15. The Morgan fingerprint density at radius 3 is 2.95 bits per heavy atom. The van der Waals surface area contributed by atoms with Crippen LogP contribution in [0.3, 0.4) is 0 Å². The number of nitrogens with one attached hydrogen (secondary N) is 1. The molecule has 1 N–H and O–H groups in total. The molecule has 0 bridgehead atoms. The van der Waals surface area contributed by atoms with Crippen LogP contribution in [0.5, 0.6) is 5.75 Å². The SMILES string of the molecule is CCC1CN(Cc2cc(Cl)ccc2OC)C(C)CCN1. The number of nitrogens with zero attached hydrogens (tertiary/aromatic N) is 1. The molecule has 0 spiro atoms. The van der Waals surface area contributed by atoms with Gasteiger partial charge in [-0.05, 0) is 44.5 Å². The Kier molecular flexibility index (Phi) is 5.70. The van der Waals surface area contributed by atoms with E-state index in [1.54, 1.807) is 7.11 Å². The highest BCUT2D eigenvalue weighted by Gasteiger charge is 2.22. The minimum atomic E-state index is 0.572. The first-order valence-electron chi connectivity index (χ1n) is 7.44. The summed E-state index contributed by atoms with van der Waals surface area (Å²) in [5, 5.41) is 4.39. The van der Waals surface area contributed by atoms with Crippen LogP contribution in [-0.4, -0.2) is 37.2 Å². The van der Waals surface area contributed by atoms with Crippen LogP contribution in [0.1, 0.15) is 32.3 Å². The van der Waals surface area contributed by atoms with Crippen LogP contribution in [0.2, 0.25) is 5.02 Å². The number of halogens is 1. The Morgan fingerprint density at radius 1 is 1.45 bits per heavy atom. The van der Waals surface area contributed by atoms with E-state index in [0.717, 1.165) is 36.8 Å². The molecule has 1 aromatic carbocycles. The number of ether oxygens (including phenoxy) is 1. The lowest BCUT2D eigenvalue weighted by molar-refractivity contribution is 0.192. The fraction of sp³-hybridized carbons (Fsp3) is 0.625. The number of hydrogen-bond donors (Lipinski definition) is 1. The third-order valence-electron chi connectivity index (χ3n) is 4.18. The molecule has 2 rings (SSSR count). The molecule has 2 atom stereocenters. The molecule has 1 aliphatic rings. The van der Waals surface area contributed by atoms with Gasteiger partial charge in [0.05, 0.1) is 7.11 Å². The van der Waals surface area contributed by atoms with Crippen LogP contribution in [-0.2, 0) is 6.54 Å². The lowest BCUT2D eigenvalue weighted by atomic mass is 10.1. The van der Waals surface area contributed by atoms with Gasteiger partial charge < -0.3 is 10.1 Å². The molecule has 3 nitrogen and oxygen atoms in total. The molecule has 1 fully saturated rings. The van der Waals surface area contributed by atoms with E-state index in [9.17, 15) is 0 Å². The van der Waals surface area contributed by atoms with Gasteiger partial charge >= 0.3 is 0 Å².